The fourth-order valence-electron chi connectivity index (χ4n) is 1.98. The molecule has 2 heterocycles. The summed E-state index contributed by atoms with van der Waals surface area (Å²) in [5.41, 5.74) is 0. The van der Waals surface area contributed by atoms with Crippen LogP contribution >= 0.6 is 11.3 Å². The fourth-order valence-corrected chi connectivity index (χ4v) is 2.65. The van der Waals surface area contributed by atoms with Crippen LogP contribution in [0, 0.1) is 5.92 Å². The molecule has 0 bridgehead atoms. The summed E-state index contributed by atoms with van der Waals surface area (Å²) in [6.45, 7) is 1.65. The minimum absolute atomic E-state index is 0.0514. The number of anilines is 1. The van der Waals surface area contributed by atoms with Crippen molar-refractivity contribution < 1.29 is 9.90 Å². The number of carbonyl (C=O) groups excluding carboxylic acids is 1. The molecule has 1 atom stereocenters. The number of nitrogens with one attached hydrogen (secondary N) is 1. The van der Waals surface area contributed by atoms with Gasteiger partial charge in [0.2, 0.25) is 10.1 Å². The summed E-state index contributed by atoms with van der Waals surface area (Å²) in [5.74, 6) is 0.366. The van der Waals surface area contributed by atoms with Crippen LogP contribution in [-0.2, 0) is 0 Å². The molecule has 6 nitrogen and oxygen atoms in total. The number of likely N-dealkylation sites (tertiary alicyclic amines) is 1. The molecule has 2 N–H and O–H groups in total. The maximum absolute atomic E-state index is 12.1. The lowest BCUT2D eigenvalue weighted by molar-refractivity contribution is 0.0783. The van der Waals surface area contributed by atoms with E-state index in [0.717, 1.165) is 19.4 Å². The Labute approximate surface area is 104 Å². The Morgan fingerprint density at radius 2 is 2.47 bits per heavy atom. The van der Waals surface area contributed by atoms with Crippen molar-refractivity contribution in [2.75, 3.05) is 32.1 Å². The van der Waals surface area contributed by atoms with Crippen molar-refractivity contribution in [1.82, 2.24) is 15.1 Å². The predicted molar refractivity (Wildman–Crippen MR) is 65.2 cm³/mol. The van der Waals surface area contributed by atoms with Crippen LogP contribution in [0.3, 0.4) is 0 Å². The second-order valence-electron chi connectivity index (χ2n) is 4.08. The first-order chi connectivity index (χ1) is 8.24. The van der Waals surface area contributed by atoms with Gasteiger partial charge in [-0.3, -0.25) is 4.79 Å². The molecule has 0 aromatic carbocycles. The fraction of sp³-hybridized carbons (Fsp3) is 0.700. The molecule has 0 spiro atoms. The average molecular weight is 256 g/mol. The molecule has 0 radical (unpaired) electrons. The Hall–Kier alpha value is -1.21. The van der Waals surface area contributed by atoms with Gasteiger partial charge in [-0.15, -0.1) is 10.2 Å². The van der Waals surface area contributed by atoms with E-state index in [1.165, 1.54) is 11.3 Å². The quantitative estimate of drug-likeness (QED) is 0.816. The van der Waals surface area contributed by atoms with E-state index in [9.17, 15) is 4.79 Å². The zero-order chi connectivity index (χ0) is 12.3. The van der Waals surface area contributed by atoms with Gasteiger partial charge in [0.25, 0.3) is 5.91 Å². The van der Waals surface area contributed by atoms with Crippen LogP contribution in [0.1, 0.15) is 22.6 Å². The molecule has 1 saturated heterocycles. The smallest absolute Gasteiger partial charge is 0.284 e. The van der Waals surface area contributed by atoms with Gasteiger partial charge in [0.15, 0.2) is 0 Å². The zero-order valence-corrected chi connectivity index (χ0v) is 10.5. The van der Waals surface area contributed by atoms with Crippen LogP contribution in [0.2, 0.25) is 0 Å². The highest BCUT2D eigenvalue weighted by atomic mass is 32.1. The first kappa shape index (κ1) is 12.3. The number of aromatic nitrogens is 2. The molecule has 1 amide bonds. The number of hydrogen-bond donors (Lipinski definition) is 2. The van der Waals surface area contributed by atoms with Crippen molar-refractivity contribution in [2.45, 2.75) is 12.8 Å². The van der Waals surface area contributed by atoms with Crippen molar-refractivity contribution in [3.05, 3.63) is 5.01 Å². The Kier molecular flexibility index (Phi) is 3.90. The van der Waals surface area contributed by atoms with Crippen molar-refractivity contribution in [2.24, 2.45) is 5.92 Å². The van der Waals surface area contributed by atoms with Crippen LogP contribution < -0.4 is 5.32 Å². The van der Waals surface area contributed by atoms with Crippen molar-refractivity contribution >= 4 is 22.4 Å². The van der Waals surface area contributed by atoms with E-state index in [-0.39, 0.29) is 12.5 Å². The summed E-state index contributed by atoms with van der Waals surface area (Å²) >= 11 is 1.27. The minimum Gasteiger partial charge on any atom is -0.396 e. The van der Waals surface area contributed by atoms with Crippen LogP contribution in [0.4, 0.5) is 5.13 Å². The Morgan fingerprint density at radius 1 is 1.65 bits per heavy atom. The van der Waals surface area contributed by atoms with E-state index in [0.29, 0.717) is 22.6 Å². The summed E-state index contributed by atoms with van der Waals surface area (Å²) in [6, 6.07) is 0. The van der Waals surface area contributed by atoms with Gasteiger partial charge in [-0.1, -0.05) is 11.3 Å². The molecule has 1 aliphatic rings. The molecule has 0 aliphatic carbocycles. The highest BCUT2D eigenvalue weighted by molar-refractivity contribution is 7.17. The molecule has 17 heavy (non-hydrogen) atoms. The Bertz CT molecular complexity index is 395. The molecule has 7 heteroatoms. The molecule has 1 aliphatic heterocycles. The average Bonchev–Trinajstić information content (AvgIpc) is 2.97. The highest BCUT2D eigenvalue weighted by Crippen LogP contribution is 2.23. The minimum atomic E-state index is -0.0514. The molecule has 94 valence electrons. The third-order valence-electron chi connectivity index (χ3n) is 2.93. The summed E-state index contributed by atoms with van der Waals surface area (Å²) < 4.78 is 0. The predicted octanol–water partition coefficient (Wildman–Crippen LogP) is 0.424. The molecular weight excluding hydrogens is 240 g/mol. The number of carbonyl (C=O) groups is 1. The molecular formula is C10H16N4O2S. The molecule has 1 aromatic rings. The Morgan fingerprint density at radius 3 is 3.12 bits per heavy atom. The number of hydrogen-bond acceptors (Lipinski definition) is 6. The monoisotopic (exact) mass is 256 g/mol. The SMILES string of the molecule is CNc1nnc(C(=O)N2CCC(CCO)C2)s1. The number of nitrogens with zero attached hydrogens (tertiary/aromatic N) is 3. The standard InChI is InChI=1S/C10H16N4O2S/c1-11-10-13-12-8(17-10)9(16)14-4-2-7(6-14)3-5-15/h7,15H,2-6H2,1H3,(H,11,13). The van der Waals surface area contributed by atoms with Crippen molar-refractivity contribution in [1.29, 1.82) is 0 Å². The normalized spacial score (nSPS) is 19.6. The lowest BCUT2D eigenvalue weighted by Gasteiger charge is -2.14. The largest absolute Gasteiger partial charge is 0.396 e. The second kappa shape index (κ2) is 5.42. The third-order valence-corrected chi connectivity index (χ3v) is 3.86. The van der Waals surface area contributed by atoms with Gasteiger partial charge in [0, 0.05) is 26.7 Å². The number of amides is 1. The van der Waals surface area contributed by atoms with Crippen LogP contribution in [0.5, 0.6) is 0 Å². The number of aliphatic hydroxyl groups is 1. The first-order valence-corrected chi connectivity index (χ1v) is 6.47. The highest BCUT2D eigenvalue weighted by Gasteiger charge is 2.28. The van der Waals surface area contributed by atoms with Crippen LogP contribution in [-0.4, -0.2) is 52.9 Å². The van der Waals surface area contributed by atoms with E-state index in [1.54, 1.807) is 11.9 Å². The van der Waals surface area contributed by atoms with Gasteiger partial charge in [-0.05, 0) is 18.8 Å². The molecule has 1 unspecified atom stereocenters. The molecule has 1 aromatic heterocycles. The molecule has 1 fully saturated rings. The van der Waals surface area contributed by atoms with Crippen molar-refractivity contribution in [3.63, 3.8) is 0 Å². The summed E-state index contributed by atoms with van der Waals surface area (Å²) in [7, 11) is 1.75. The van der Waals surface area contributed by atoms with E-state index in [1.807, 2.05) is 0 Å². The van der Waals surface area contributed by atoms with Crippen molar-refractivity contribution in [3.8, 4) is 0 Å². The molecule has 0 saturated carbocycles. The van der Waals surface area contributed by atoms with Gasteiger partial charge in [0.05, 0.1) is 0 Å². The summed E-state index contributed by atoms with van der Waals surface area (Å²) in [5, 5.41) is 20.5. The molecule has 2 rings (SSSR count). The van der Waals surface area contributed by atoms with Crippen LogP contribution in [0.15, 0.2) is 0 Å². The van der Waals surface area contributed by atoms with Gasteiger partial charge in [0.1, 0.15) is 0 Å². The lowest BCUT2D eigenvalue weighted by atomic mass is 10.1. The maximum atomic E-state index is 12.1. The van der Waals surface area contributed by atoms with E-state index < -0.39 is 0 Å². The van der Waals surface area contributed by atoms with Gasteiger partial charge in [-0.25, -0.2) is 0 Å². The van der Waals surface area contributed by atoms with Gasteiger partial charge in [-0.2, -0.15) is 0 Å². The Balaban J connectivity index is 1.96. The van der Waals surface area contributed by atoms with Gasteiger partial charge < -0.3 is 15.3 Å². The maximum Gasteiger partial charge on any atom is 0.284 e. The summed E-state index contributed by atoms with van der Waals surface area (Å²) in [4.78, 5) is 13.9. The van der Waals surface area contributed by atoms with Crippen LogP contribution in [0.25, 0.3) is 0 Å². The van der Waals surface area contributed by atoms with E-state index in [2.05, 4.69) is 15.5 Å². The van der Waals surface area contributed by atoms with E-state index in [4.69, 9.17) is 5.11 Å². The number of rotatable bonds is 4. The number of aliphatic hydroxyl groups excluding tert-OH is 1. The second-order valence-corrected chi connectivity index (χ2v) is 5.06. The zero-order valence-electron chi connectivity index (χ0n) is 9.72. The lowest BCUT2D eigenvalue weighted by Crippen LogP contribution is -2.28. The third kappa shape index (κ3) is 2.73. The van der Waals surface area contributed by atoms with E-state index >= 15 is 0 Å². The summed E-state index contributed by atoms with van der Waals surface area (Å²) in [6.07, 6.45) is 1.73. The van der Waals surface area contributed by atoms with Gasteiger partial charge >= 0.3 is 0 Å². The topological polar surface area (TPSA) is 78.4 Å². The first-order valence-electron chi connectivity index (χ1n) is 5.66.